The van der Waals surface area contributed by atoms with Gasteiger partial charge in [-0.25, -0.2) is 0 Å². The van der Waals surface area contributed by atoms with Crippen LogP contribution in [0.25, 0.3) is 0 Å². The standard InChI is InChI=1S/C15H33BrN/c1-4-7-12-17(13-8-5-2,14-9-6-3)15-10-11-16/h4-15H2,1-3H3/q+1. The topological polar surface area (TPSA) is 0 Å². The number of hydrogen-bond acceptors (Lipinski definition) is 0. The molecule has 0 aliphatic rings. The molecule has 0 amide bonds. The maximum Gasteiger partial charge on any atom is 0.0794 e. The van der Waals surface area contributed by atoms with E-state index in [0.29, 0.717) is 0 Å². The predicted octanol–water partition coefficient (Wildman–Crippen LogP) is 4.99. The van der Waals surface area contributed by atoms with E-state index in [1.807, 2.05) is 0 Å². The lowest BCUT2D eigenvalue weighted by molar-refractivity contribution is -0.928. The third-order valence-electron chi connectivity index (χ3n) is 3.72. The summed E-state index contributed by atoms with van der Waals surface area (Å²) >= 11 is 3.60. The van der Waals surface area contributed by atoms with E-state index in [4.69, 9.17) is 0 Å². The zero-order valence-corrected chi connectivity index (χ0v) is 13.9. The summed E-state index contributed by atoms with van der Waals surface area (Å²) in [6, 6.07) is 0. The fourth-order valence-corrected chi connectivity index (χ4v) is 2.80. The van der Waals surface area contributed by atoms with Crippen LogP contribution in [0.2, 0.25) is 0 Å². The highest BCUT2D eigenvalue weighted by Gasteiger charge is 2.24. The predicted molar refractivity (Wildman–Crippen MR) is 82.9 cm³/mol. The molecule has 2 heteroatoms. The first-order valence-electron chi connectivity index (χ1n) is 7.65. The van der Waals surface area contributed by atoms with Gasteiger partial charge in [0.1, 0.15) is 0 Å². The molecule has 0 saturated heterocycles. The van der Waals surface area contributed by atoms with Gasteiger partial charge in [0.25, 0.3) is 0 Å². The van der Waals surface area contributed by atoms with Crippen LogP contribution in [-0.4, -0.2) is 36.0 Å². The maximum absolute atomic E-state index is 3.60. The quantitative estimate of drug-likeness (QED) is 0.352. The van der Waals surface area contributed by atoms with Gasteiger partial charge in [0, 0.05) is 11.8 Å². The van der Waals surface area contributed by atoms with Gasteiger partial charge in [-0.2, -0.15) is 0 Å². The van der Waals surface area contributed by atoms with Crippen molar-refractivity contribution in [2.75, 3.05) is 31.5 Å². The molecule has 1 nitrogen and oxygen atoms in total. The molecule has 0 spiro atoms. The lowest BCUT2D eigenvalue weighted by Gasteiger charge is -2.39. The molecule has 0 unspecified atom stereocenters. The molecule has 0 radical (unpaired) electrons. The molecular formula is C15H33BrN+. The van der Waals surface area contributed by atoms with Gasteiger partial charge in [0.2, 0.25) is 0 Å². The highest BCUT2D eigenvalue weighted by molar-refractivity contribution is 9.09. The minimum Gasteiger partial charge on any atom is -0.324 e. The summed E-state index contributed by atoms with van der Waals surface area (Å²) < 4.78 is 1.39. The van der Waals surface area contributed by atoms with Gasteiger partial charge >= 0.3 is 0 Å². The van der Waals surface area contributed by atoms with Crippen molar-refractivity contribution in [2.45, 2.75) is 65.7 Å². The first-order chi connectivity index (χ1) is 8.24. The van der Waals surface area contributed by atoms with E-state index in [0.717, 1.165) is 5.33 Å². The van der Waals surface area contributed by atoms with Crippen LogP contribution >= 0.6 is 15.9 Å². The molecule has 0 saturated carbocycles. The van der Waals surface area contributed by atoms with E-state index in [-0.39, 0.29) is 0 Å². The number of halogens is 1. The number of nitrogens with zero attached hydrogens (tertiary/aromatic N) is 1. The second-order valence-electron chi connectivity index (χ2n) is 5.34. The second kappa shape index (κ2) is 11.5. The van der Waals surface area contributed by atoms with Gasteiger partial charge in [-0.1, -0.05) is 56.0 Å². The van der Waals surface area contributed by atoms with Crippen molar-refractivity contribution < 1.29 is 4.48 Å². The van der Waals surface area contributed by atoms with E-state index < -0.39 is 0 Å². The van der Waals surface area contributed by atoms with Crippen LogP contribution in [-0.2, 0) is 0 Å². The van der Waals surface area contributed by atoms with Crippen molar-refractivity contribution >= 4 is 15.9 Å². The van der Waals surface area contributed by atoms with Gasteiger partial charge in [0.05, 0.1) is 26.2 Å². The third kappa shape index (κ3) is 8.20. The molecule has 0 fully saturated rings. The fraction of sp³-hybridized carbons (Fsp3) is 1.00. The van der Waals surface area contributed by atoms with Gasteiger partial charge < -0.3 is 4.48 Å². The highest BCUT2D eigenvalue weighted by Crippen LogP contribution is 2.16. The van der Waals surface area contributed by atoms with E-state index >= 15 is 0 Å². The average molecular weight is 307 g/mol. The van der Waals surface area contributed by atoms with Crippen LogP contribution in [0.5, 0.6) is 0 Å². The van der Waals surface area contributed by atoms with Crippen LogP contribution in [0.3, 0.4) is 0 Å². The fourth-order valence-electron chi connectivity index (χ4n) is 2.55. The Hall–Kier alpha value is 0.440. The van der Waals surface area contributed by atoms with Crippen LogP contribution in [0, 0.1) is 0 Å². The minimum absolute atomic E-state index is 1.16. The number of rotatable bonds is 12. The van der Waals surface area contributed by atoms with Crippen LogP contribution in [0.15, 0.2) is 0 Å². The van der Waals surface area contributed by atoms with Gasteiger partial charge in [-0.15, -0.1) is 0 Å². The summed E-state index contributed by atoms with van der Waals surface area (Å²) in [5, 5.41) is 1.16. The Kier molecular flexibility index (Phi) is 11.8. The van der Waals surface area contributed by atoms with E-state index in [1.165, 1.54) is 75.6 Å². The van der Waals surface area contributed by atoms with Crippen molar-refractivity contribution in [2.24, 2.45) is 0 Å². The molecule has 0 aliphatic heterocycles. The van der Waals surface area contributed by atoms with Crippen molar-refractivity contribution in [3.05, 3.63) is 0 Å². The Labute approximate surface area is 118 Å². The van der Waals surface area contributed by atoms with E-state index in [1.54, 1.807) is 0 Å². The van der Waals surface area contributed by atoms with Crippen LogP contribution < -0.4 is 0 Å². The number of alkyl halides is 1. The van der Waals surface area contributed by atoms with Gasteiger partial charge in [-0.3, -0.25) is 0 Å². The SMILES string of the molecule is CCCC[N+](CCCC)(CCCC)CCCBr. The summed E-state index contributed by atoms with van der Waals surface area (Å²) in [5.41, 5.74) is 0. The Morgan fingerprint density at radius 1 is 0.647 bits per heavy atom. The Balaban J connectivity index is 4.39. The number of hydrogen-bond donors (Lipinski definition) is 0. The molecule has 104 valence electrons. The minimum atomic E-state index is 1.16. The molecule has 0 N–H and O–H groups in total. The largest absolute Gasteiger partial charge is 0.324 e. The first kappa shape index (κ1) is 17.4. The second-order valence-corrected chi connectivity index (χ2v) is 6.13. The van der Waals surface area contributed by atoms with Crippen molar-refractivity contribution in [3.8, 4) is 0 Å². The normalized spacial score (nSPS) is 12.0. The number of quaternary nitrogens is 1. The number of unbranched alkanes of at least 4 members (excludes halogenated alkanes) is 3. The monoisotopic (exact) mass is 306 g/mol. The molecule has 0 atom stereocenters. The molecule has 0 aromatic carbocycles. The Morgan fingerprint density at radius 2 is 1.00 bits per heavy atom. The smallest absolute Gasteiger partial charge is 0.0794 e. The maximum atomic E-state index is 3.60. The van der Waals surface area contributed by atoms with Crippen molar-refractivity contribution in [3.63, 3.8) is 0 Å². The molecule has 17 heavy (non-hydrogen) atoms. The molecular weight excluding hydrogens is 274 g/mol. The van der Waals surface area contributed by atoms with Gasteiger partial charge in [-0.05, 0) is 19.3 Å². The highest BCUT2D eigenvalue weighted by atomic mass is 79.9. The Bertz CT molecular complexity index is 121. The van der Waals surface area contributed by atoms with E-state index in [2.05, 4.69) is 36.7 Å². The molecule has 0 bridgehead atoms. The average Bonchev–Trinajstić information content (AvgIpc) is 2.37. The third-order valence-corrected chi connectivity index (χ3v) is 4.28. The van der Waals surface area contributed by atoms with E-state index in [9.17, 15) is 0 Å². The van der Waals surface area contributed by atoms with Crippen molar-refractivity contribution in [1.82, 2.24) is 0 Å². The lowest BCUT2D eigenvalue weighted by Crippen LogP contribution is -2.50. The van der Waals surface area contributed by atoms with Crippen molar-refractivity contribution in [1.29, 1.82) is 0 Å². The summed E-state index contributed by atoms with van der Waals surface area (Å²) in [6.07, 6.45) is 9.55. The zero-order valence-electron chi connectivity index (χ0n) is 12.3. The lowest BCUT2D eigenvalue weighted by atomic mass is 10.1. The summed E-state index contributed by atoms with van der Waals surface area (Å²) in [7, 11) is 0. The molecule has 0 aromatic rings. The first-order valence-corrected chi connectivity index (χ1v) is 8.77. The molecule has 0 heterocycles. The molecule has 0 rings (SSSR count). The molecule has 0 aliphatic carbocycles. The summed E-state index contributed by atoms with van der Waals surface area (Å²) in [5.74, 6) is 0. The molecule has 0 aromatic heterocycles. The summed E-state index contributed by atoms with van der Waals surface area (Å²) in [6.45, 7) is 12.6. The van der Waals surface area contributed by atoms with Crippen LogP contribution in [0.1, 0.15) is 65.7 Å². The Morgan fingerprint density at radius 3 is 1.29 bits per heavy atom. The van der Waals surface area contributed by atoms with Gasteiger partial charge in [0.15, 0.2) is 0 Å². The summed E-state index contributed by atoms with van der Waals surface area (Å²) in [4.78, 5) is 0. The van der Waals surface area contributed by atoms with Crippen LogP contribution in [0.4, 0.5) is 0 Å². The zero-order chi connectivity index (χ0) is 13.0.